The molecule has 0 bridgehead atoms. The molecule has 1 aromatic heterocycles. The van der Waals surface area contributed by atoms with Crippen molar-refractivity contribution >= 4 is 12.6 Å². The van der Waals surface area contributed by atoms with Gasteiger partial charge in [-0.05, 0) is 39.2 Å². The molecule has 1 aromatic rings. The lowest BCUT2D eigenvalue weighted by Gasteiger charge is -2.32. The van der Waals surface area contributed by atoms with Crippen LogP contribution in [0.25, 0.3) is 0 Å². The molecule has 2 fully saturated rings. The second-order valence-corrected chi connectivity index (χ2v) is 6.95. The zero-order valence-electron chi connectivity index (χ0n) is 13.8. The Kier molecular flexibility index (Phi) is 4.18. The van der Waals surface area contributed by atoms with Crippen molar-refractivity contribution in [2.24, 2.45) is 0 Å². The molecule has 0 saturated carbocycles. The molecule has 120 valence electrons. The van der Waals surface area contributed by atoms with Crippen molar-refractivity contribution in [2.45, 2.75) is 57.8 Å². The summed E-state index contributed by atoms with van der Waals surface area (Å²) < 4.78 is 23.4. The summed E-state index contributed by atoms with van der Waals surface area (Å²) in [5.74, 6) is 0.624. The lowest BCUT2D eigenvalue weighted by atomic mass is 9.80. The van der Waals surface area contributed by atoms with E-state index in [1.165, 1.54) is 0 Å². The molecule has 0 aromatic carbocycles. The van der Waals surface area contributed by atoms with E-state index < -0.39 is 0 Å². The number of nitrogens with zero attached hydrogens (tertiary/aromatic N) is 1. The third kappa shape index (κ3) is 3.14. The first kappa shape index (κ1) is 15.8. The van der Waals surface area contributed by atoms with Gasteiger partial charge in [0.25, 0.3) is 0 Å². The van der Waals surface area contributed by atoms with Gasteiger partial charge in [0.2, 0.25) is 5.88 Å². The van der Waals surface area contributed by atoms with E-state index in [-0.39, 0.29) is 24.4 Å². The fraction of sp³-hybridized carbons (Fsp3) is 0.688. The molecule has 2 aliphatic rings. The lowest BCUT2D eigenvalue weighted by molar-refractivity contribution is 0.00578. The van der Waals surface area contributed by atoms with Crippen LogP contribution in [0.5, 0.6) is 5.88 Å². The van der Waals surface area contributed by atoms with Gasteiger partial charge in [-0.3, -0.25) is 0 Å². The van der Waals surface area contributed by atoms with Crippen molar-refractivity contribution in [1.29, 1.82) is 0 Å². The maximum Gasteiger partial charge on any atom is 0.495 e. The molecule has 0 atom stereocenters. The third-order valence-corrected chi connectivity index (χ3v) is 4.74. The normalized spacial score (nSPS) is 24.5. The van der Waals surface area contributed by atoms with Crippen molar-refractivity contribution in [3.63, 3.8) is 0 Å². The van der Waals surface area contributed by atoms with Crippen LogP contribution in [-0.2, 0) is 14.0 Å². The standard InChI is InChI=1S/C16H24BNO4/c1-15(2)16(3,4)22-17(21-15)12-5-8-18-14(11-12)20-13-6-9-19-10-7-13/h5,8,11,13H,6-7,9-10H2,1-4H3. The molecular formula is C16H24BNO4. The zero-order valence-corrected chi connectivity index (χ0v) is 13.8. The van der Waals surface area contributed by atoms with Gasteiger partial charge in [0.15, 0.2) is 0 Å². The monoisotopic (exact) mass is 305 g/mol. The van der Waals surface area contributed by atoms with Crippen molar-refractivity contribution in [2.75, 3.05) is 13.2 Å². The Morgan fingerprint density at radius 3 is 2.41 bits per heavy atom. The Balaban J connectivity index is 1.72. The van der Waals surface area contributed by atoms with Crippen LogP contribution in [0.4, 0.5) is 0 Å². The molecule has 5 nitrogen and oxygen atoms in total. The maximum atomic E-state index is 6.07. The molecule has 0 amide bonds. The molecular weight excluding hydrogens is 281 g/mol. The Morgan fingerprint density at radius 1 is 1.14 bits per heavy atom. The summed E-state index contributed by atoms with van der Waals surface area (Å²) in [6.07, 6.45) is 3.73. The first-order valence-corrected chi connectivity index (χ1v) is 7.93. The van der Waals surface area contributed by atoms with Crippen LogP contribution in [0, 0.1) is 0 Å². The van der Waals surface area contributed by atoms with Crippen LogP contribution in [0.2, 0.25) is 0 Å². The minimum absolute atomic E-state index is 0.176. The van der Waals surface area contributed by atoms with E-state index in [4.69, 9.17) is 18.8 Å². The van der Waals surface area contributed by atoms with Gasteiger partial charge in [-0.2, -0.15) is 0 Å². The fourth-order valence-electron chi connectivity index (χ4n) is 2.58. The molecule has 2 aliphatic heterocycles. The van der Waals surface area contributed by atoms with E-state index in [0.29, 0.717) is 5.88 Å². The van der Waals surface area contributed by atoms with Gasteiger partial charge in [0.1, 0.15) is 6.10 Å². The van der Waals surface area contributed by atoms with Crippen LogP contribution < -0.4 is 10.2 Å². The van der Waals surface area contributed by atoms with E-state index in [1.54, 1.807) is 6.20 Å². The Labute approximate surface area is 132 Å². The van der Waals surface area contributed by atoms with Gasteiger partial charge in [-0.15, -0.1) is 0 Å². The van der Waals surface area contributed by atoms with Crippen molar-refractivity contribution in [3.8, 4) is 5.88 Å². The molecule has 3 rings (SSSR count). The maximum absolute atomic E-state index is 6.07. The minimum Gasteiger partial charge on any atom is -0.474 e. The lowest BCUT2D eigenvalue weighted by Crippen LogP contribution is -2.41. The number of pyridine rings is 1. The first-order valence-electron chi connectivity index (χ1n) is 7.93. The van der Waals surface area contributed by atoms with Gasteiger partial charge in [0, 0.05) is 25.1 Å². The number of ether oxygens (including phenoxy) is 2. The predicted molar refractivity (Wildman–Crippen MR) is 84.4 cm³/mol. The van der Waals surface area contributed by atoms with Crippen LogP contribution >= 0.6 is 0 Å². The highest BCUT2D eigenvalue weighted by Gasteiger charge is 2.51. The molecule has 22 heavy (non-hydrogen) atoms. The molecule has 0 radical (unpaired) electrons. The van der Waals surface area contributed by atoms with Crippen LogP contribution in [0.15, 0.2) is 18.3 Å². The zero-order chi connectivity index (χ0) is 15.8. The molecule has 0 spiro atoms. The third-order valence-electron chi connectivity index (χ3n) is 4.74. The summed E-state index contributed by atoms with van der Waals surface area (Å²) in [6, 6.07) is 3.83. The minimum atomic E-state index is -0.384. The van der Waals surface area contributed by atoms with Crippen LogP contribution in [0.3, 0.4) is 0 Å². The van der Waals surface area contributed by atoms with E-state index in [9.17, 15) is 0 Å². The molecule has 0 N–H and O–H groups in total. The van der Waals surface area contributed by atoms with Crippen molar-refractivity contribution in [1.82, 2.24) is 4.98 Å². The largest absolute Gasteiger partial charge is 0.495 e. The Hall–Kier alpha value is -1.11. The van der Waals surface area contributed by atoms with E-state index >= 15 is 0 Å². The first-order chi connectivity index (χ1) is 10.4. The van der Waals surface area contributed by atoms with Crippen LogP contribution in [-0.4, -0.2) is 42.6 Å². The number of hydrogen-bond acceptors (Lipinski definition) is 5. The van der Waals surface area contributed by atoms with Gasteiger partial charge >= 0.3 is 7.12 Å². The topological polar surface area (TPSA) is 49.8 Å². The number of hydrogen-bond donors (Lipinski definition) is 0. The van der Waals surface area contributed by atoms with Crippen LogP contribution in [0.1, 0.15) is 40.5 Å². The molecule has 3 heterocycles. The Morgan fingerprint density at radius 2 is 1.77 bits per heavy atom. The van der Waals surface area contributed by atoms with E-state index in [0.717, 1.165) is 31.5 Å². The van der Waals surface area contributed by atoms with E-state index in [2.05, 4.69) is 4.98 Å². The summed E-state index contributed by atoms with van der Waals surface area (Å²) in [5.41, 5.74) is 0.251. The summed E-state index contributed by atoms with van der Waals surface area (Å²) in [6.45, 7) is 9.70. The van der Waals surface area contributed by atoms with Crippen molar-refractivity contribution < 1.29 is 18.8 Å². The van der Waals surface area contributed by atoms with Gasteiger partial charge < -0.3 is 18.8 Å². The summed E-state index contributed by atoms with van der Waals surface area (Å²) >= 11 is 0. The van der Waals surface area contributed by atoms with E-state index in [1.807, 2.05) is 39.8 Å². The SMILES string of the molecule is CC1(C)OB(c2ccnc(OC3CCOCC3)c2)OC1(C)C. The second-order valence-electron chi connectivity index (χ2n) is 6.95. The summed E-state index contributed by atoms with van der Waals surface area (Å²) in [7, 11) is -0.384. The fourth-order valence-corrected chi connectivity index (χ4v) is 2.58. The highest BCUT2D eigenvalue weighted by atomic mass is 16.7. The quantitative estimate of drug-likeness (QED) is 0.799. The summed E-state index contributed by atoms with van der Waals surface area (Å²) in [5, 5.41) is 0. The van der Waals surface area contributed by atoms with Gasteiger partial charge in [-0.25, -0.2) is 4.98 Å². The van der Waals surface area contributed by atoms with Gasteiger partial charge in [0.05, 0.1) is 24.4 Å². The second kappa shape index (κ2) is 5.83. The molecule has 0 aliphatic carbocycles. The molecule has 6 heteroatoms. The highest BCUT2D eigenvalue weighted by Crippen LogP contribution is 2.36. The Bertz CT molecular complexity index is 513. The van der Waals surface area contributed by atoms with Crippen molar-refractivity contribution in [3.05, 3.63) is 18.3 Å². The average Bonchev–Trinajstić information content (AvgIpc) is 2.69. The predicted octanol–water partition coefficient (Wildman–Crippen LogP) is 1.94. The highest BCUT2D eigenvalue weighted by molar-refractivity contribution is 6.62. The molecule has 0 unspecified atom stereocenters. The number of aromatic nitrogens is 1. The van der Waals surface area contributed by atoms with Gasteiger partial charge in [-0.1, -0.05) is 0 Å². The number of rotatable bonds is 3. The smallest absolute Gasteiger partial charge is 0.474 e. The summed E-state index contributed by atoms with van der Waals surface area (Å²) in [4.78, 5) is 4.30. The molecule has 2 saturated heterocycles. The average molecular weight is 305 g/mol.